The van der Waals surface area contributed by atoms with Crippen molar-refractivity contribution in [3.8, 4) is 0 Å². The lowest BCUT2D eigenvalue weighted by molar-refractivity contribution is -0.141. The minimum absolute atomic E-state index is 0.164. The van der Waals surface area contributed by atoms with Crippen molar-refractivity contribution in [1.82, 2.24) is 4.90 Å². The molecule has 2 heterocycles. The minimum atomic E-state index is -0.516. The second kappa shape index (κ2) is 4.82. The van der Waals surface area contributed by atoms with Crippen molar-refractivity contribution in [2.24, 2.45) is 16.6 Å². The zero-order valence-electron chi connectivity index (χ0n) is 11.9. The van der Waals surface area contributed by atoms with Crippen LogP contribution in [-0.2, 0) is 9.53 Å². The lowest BCUT2D eigenvalue weighted by atomic mass is 9.81. The molecule has 2 rings (SSSR count). The van der Waals surface area contributed by atoms with Crippen molar-refractivity contribution in [2.75, 3.05) is 26.3 Å². The predicted octanol–water partition coefficient (Wildman–Crippen LogP) is 1.39. The van der Waals surface area contributed by atoms with Crippen molar-refractivity contribution in [2.45, 2.75) is 46.1 Å². The summed E-state index contributed by atoms with van der Waals surface area (Å²) >= 11 is 0. The standard InChI is InChI=1S/C14H26N2O2/c1-4-14(5-2)6-7-16(9-14)12(17)13(3)10-18-8-11(13)15/h11H,4-10,15H2,1-3H3. The molecule has 2 fully saturated rings. The van der Waals surface area contributed by atoms with Crippen LogP contribution in [0.5, 0.6) is 0 Å². The number of hydrogen-bond acceptors (Lipinski definition) is 3. The van der Waals surface area contributed by atoms with Crippen LogP contribution in [0.3, 0.4) is 0 Å². The summed E-state index contributed by atoms with van der Waals surface area (Å²) in [5, 5.41) is 0. The van der Waals surface area contributed by atoms with Crippen molar-refractivity contribution in [3.63, 3.8) is 0 Å². The van der Waals surface area contributed by atoms with E-state index in [1.54, 1.807) is 0 Å². The average molecular weight is 254 g/mol. The minimum Gasteiger partial charge on any atom is -0.379 e. The van der Waals surface area contributed by atoms with Crippen LogP contribution in [0.2, 0.25) is 0 Å². The molecule has 2 unspecified atom stereocenters. The molecule has 2 aliphatic heterocycles. The molecule has 0 saturated carbocycles. The van der Waals surface area contributed by atoms with E-state index in [0.717, 1.165) is 32.4 Å². The summed E-state index contributed by atoms with van der Waals surface area (Å²) in [6.45, 7) is 9.14. The normalized spacial score (nSPS) is 35.1. The highest BCUT2D eigenvalue weighted by Crippen LogP contribution is 2.39. The van der Waals surface area contributed by atoms with Gasteiger partial charge in [0.2, 0.25) is 5.91 Å². The zero-order valence-corrected chi connectivity index (χ0v) is 11.9. The van der Waals surface area contributed by atoms with Gasteiger partial charge in [-0.3, -0.25) is 4.79 Å². The highest BCUT2D eigenvalue weighted by Gasteiger charge is 2.49. The molecule has 18 heavy (non-hydrogen) atoms. The number of carbonyl (C=O) groups is 1. The van der Waals surface area contributed by atoms with Crippen LogP contribution in [0.15, 0.2) is 0 Å². The van der Waals surface area contributed by atoms with Crippen LogP contribution >= 0.6 is 0 Å². The molecule has 0 bridgehead atoms. The van der Waals surface area contributed by atoms with Gasteiger partial charge in [-0.05, 0) is 31.6 Å². The van der Waals surface area contributed by atoms with E-state index in [9.17, 15) is 4.79 Å². The Kier molecular flexibility index (Phi) is 3.70. The smallest absolute Gasteiger partial charge is 0.232 e. The van der Waals surface area contributed by atoms with Crippen molar-refractivity contribution >= 4 is 5.91 Å². The molecular weight excluding hydrogens is 228 g/mol. The van der Waals surface area contributed by atoms with Crippen molar-refractivity contribution in [3.05, 3.63) is 0 Å². The first kappa shape index (κ1) is 13.8. The average Bonchev–Trinajstić information content (AvgIpc) is 2.95. The van der Waals surface area contributed by atoms with E-state index in [4.69, 9.17) is 10.5 Å². The van der Waals surface area contributed by atoms with E-state index >= 15 is 0 Å². The Balaban J connectivity index is 2.08. The van der Waals surface area contributed by atoms with Gasteiger partial charge in [0.1, 0.15) is 0 Å². The Morgan fingerprint density at radius 3 is 2.56 bits per heavy atom. The molecule has 0 spiro atoms. The number of amides is 1. The Morgan fingerprint density at radius 2 is 2.11 bits per heavy atom. The molecule has 0 aromatic carbocycles. The summed E-state index contributed by atoms with van der Waals surface area (Å²) in [6.07, 6.45) is 3.41. The summed E-state index contributed by atoms with van der Waals surface area (Å²) in [4.78, 5) is 14.7. The van der Waals surface area contributed by atoms with Gasteiger partial charge in [-0.25, -0.2) is 0 Å². The quantitative estimate of drug-likeness (QED) is 0.828. The third-order valence-corrected chi connectivity index (χ3v) is 5.23. The number of likely N-dealkylation sites (tertiary alicyclic amines) is 1. The second-order valence-electron chi connectivity index (χ2n) is 6.22. The number of rotatable bonds is 3. The maximum absolute atomic E-state index is 12.7. The first-order valence-corrected chi connectivity index (χ1v) is 7.10. The molecule has 0 radical (unpaired) electrons. The van der Waals surface area contributed by atoms with Gasteiger partial charge in [-0.15, -0.1) is 0 Å². The van der Waals surface area contributed by atoms with E-state index in [0.29, 0.717) is 18.6 Å². The van der Waals surface area contributed by atoms with Gasteiger partial charge in [0, 0.05) is 19.1 Å². The van der Waals surface area contributed by atoms with Crippen LogP contribution in [0.1, 0.15) is 40.0 Å². The first-order chi connectivity index (χ1) is 8.47. The van der Waals surface area contributed by atoms with Gasteiger partial charge in [-0.2, -0.15) is 0 Å². The molecule has 0 aromatic heterocycles. The van der Waals surface area contributed by atoms with Crippen LogP contribution in [0, 0.1) is 10.8 Å². The van der Waals surface area contributed by atoms with Gasteiger partial charge in [0.05, 0.1) is 18.6 Å². The highest BCUT2D eigenvalue weighted by atomic mass is 16.5. The van der Waals surface area contributed by atoms with E-state index in [-0.39, 0.29) is 11.9 Å². The van der Waals surface area contributed by atoms with Crippen LogP contribution in [-0.4, -0.2) is 43.2 Å². The SMILES string of the molecule is CCC1(CC)CCN(C(=O)C2(C)COCC2N)C1. The lowest BCUT2D eigenvalue weighted by Crippen LogP contribution is -2.51. The predicted molar refractivity (Wildman–Crippen MR) is 71.1 cm³/mol. The fourth-order valence-corrected chi connectivity index (χ4v) is 3.21. The van der Waals surface area contributed by atoms with E-state index in [2.05, 4.69) is 13.8 Å². The van der Waals surface area contributed by atoms with Gasteiger partial charge < -0.3 is 15.4 Å². The molecule has 2 N–H and O–H groups in total. The monoisotopic (exact) mass is 254 g/mol. The van der Waals surface area contributed by atoms with Gasteiger partial charge in [0.15, 0.2) is 0 Å². The fourth-order valence-electron chi connectivity index (χ4n) is 3.21. The van der Waals surface area contributed by atoms with Crippen molar-refractivity contribution in [1.29, 1.82) is 0 Å². The number of nitrogens with zero attached hydrogens (tertiary/aromatic N) is 1. The third kappa shape index (κ3) is 2.05. The summed E-state index contributed by atoms with van der Waals surface area (Å²) in [7, 11) is 0. The Morgan fingerprint density at radius 1 is 1.44 bits per heavy atom. The first-order valence-electron chi connectivity index (χ1n) is 7.10. The van der Waals surface area contributed by atoms with Crippen LogP contribution in [0.4, 0.5) is 0 Å². The topological polar surface area (TPSA) is 55.6 Å². The van der Waals surface area contributed by atoms with Crippen LogP contribution < -0.4 is 5.73 Å². The maximum atomic E-state index is 12.7. The molecule has 2 atom stereocenters. The zero-order chi connectivity index (χ0) is 13.4. The highest BCUT2D eigenvalue weighted by molar-refractivity contribution is 5.84. The summed E-state index contributed by atoms with van der Waals surface area (Å²) in [6, 6.07) is -0.164. The number of ether oxygens (including phenoxy) is 1. The molecule has 1 amide bonds. The van der Waals surface area contributed by atoms with Crippen LogP contribution in [0.25, 0.3) is 0 Å². The molecule has 104 valence electrons. The fraction of sp³-hybridized carbons (Fsp3) is 0.929. The molecule has 4 nitrogen and oxygen atoms in total. The summed E-state index contributed by atoms with van der Waals surface area (Å²) in [5.74, 6) is 0.191. The van der Waals surface area contributed by atoms with Gasteiger partial charge in [-0.1, -0.05) is 13.8 Å². The molecule has 2 aliphatic rings. The Bertz CT molecular complexity index is 328. The second-order valence-corrected chi connectivity index (χ2v) is 6.22. The summed E-state index contributed by atoms with van der Waals surface area (Å²) in [5.41, 5.74) is 5.85. The maximum Gasteiger partial charge on any atom is 0.232 e. The molecule has 0 aliphatic carbocycles. The largest absolute Gasteiger partial charge is 0.379 e. The van der Waals surface area contributed by atoms with Gasteiger partial charge >= 0.3 is 0 Å². The van der Waals surface area contributed by atoms with E-state index in [1.165, 1.54) is 0 Å². The lowest BCUT2D eigenvalue weighted by Gasteiger charge is -2.32. The Labute approximate surface area is 110 Å². The molecule has 4 heteroatoms. The van der Waals surface area contributed by atoms with Gasteiger partial charge in [0.25, 0.3) is 0 Å². The third-order valence-electron chi connectivity index (χ3n) is 5.23. The van der Waals surface area contributed by atoms with E-state index in [1.807, 2.05) is 11.8 Å². The number of carbonyl (C=O) groups excluding carboxylic acids is 1. The molecule has 0 aromatic rings. The van der Waals surface area contributed by atoms with Crippen molar-refractivity contribution < 1.29 is 9.53 Å². The summed E-state index contributed by atoms with van der Waals surface area (Å²) < 4.78 is 5.39. The number of nitrogens with two attached hydrogens (primary N) is 1. The molecule has 2 saturated heterocycles. The Hall–Kier alpha value is -0.610. The van der Waals surface area contributed by atoms with E-state index < -0.39 is 5.41 Å². The molecular formula is C14H26N2O2. The number of hydrogen-bond donors (Lipinski definition) is 1.